The zero-order valence-corrected chi connectivity index (χ0v) is 11.2. The molecule has 0 fully saturated rings. The van der Waals surface area contributed by atoms with Crippen LogP contribution >= 0.6 is 15.9 Å². The number of carbonyl (C=O) groups excluding carboxylic acids is 1. The maximum Gasteiger partial charge on any atom is 0.416 e. The van der Waals surface area contributed by atoms with Crippen LogP contribution in [0.3, 0.4) is 0 Å². The standard InChI is InChI=1S/C11H12BrF3N2O/c1-2-16-10(18)6-17-9-4-7(11(13,14)15)3-8(12)5-9/h3-5,17H,2,6H2,1H3,(H,16,18). The van der Waals surface area contributed by atoms with Gasteiger partial charge in [-0.05, 0) is 25.1 Å². The van der Waals surface area contributed by atoms with Gasteiger partial charge in [0.15, 0.2) is 0 Å². The Kier molecular flexibility index (Phi) is 5.01. The van der Waals surface area contributed by atoms with Gasteiger partial charge in [0.2, 0.25) is 5.91 Å². The van der Waals surface area contributed by atoms with Crippen LogP contribution in [0.4, 0.5) is 18.9 Å². The number of alkyl halides is 3. The molecule has 0 bridgehead atoms. The topological polar surface area (TPSA) is 41.1 Å². The molecule has 0 aromatic heterocycles. The number of nitrogens with one attached hydrogen (secondary N) is 2. The van der Waals surface area contributed by atoms with E-state index in [9.17, 15) is 18.0 Å². The quantitative estimate of drug-likeness (QED) is 0.893. The summed E-state index contributed by atoms with van der Waals surface area (Å²) in [4.78, 5) is 11.2. The van der Waals surface area contributed by atoms with Crippen LogP contribution in [0, 0.1) is 0 Å². The Balaban J connectivity index is 2.78. The molecule has 0 atom stereocenters. The van der Waals surface area contributed by atoms with Gasteiger partial charge in [0.1, 0.15) is 0 Å². The van der Waals surface area contributed by atoms with Gasteiger partial charge in [-0.1, -0.05) is 15.9 Å². The molecule has 0 aliphatic rings. The van der Waals surface area contributed by atoms with Gasteiger partial charge in [-0.3, -0.25) is 4.79 Å². The Labute approximate surface area is 111 Å². The monoisotopic (exact) mass is 324 g/mol. The van der Waals surface area contributed by atoms with Crippen LogP contribution in [0.15, 0.2) is 22.7 Å². The minimum absolute atomic E-state index is 0.0679. The second kappa shape index (κ2) is 6.08. The molecule has 7 heteroatoms. The summed E-state index contributed by atoms with van der Waals surface area (Å²) in [5, 5.41) is 5.18. The minimum atomic E-state index is -4.41. The average Bonchev–Trinajstić information content (AvgIpc) is 2.25. The Bertz CT molecular complexity index is 435. The van der Waals surface area contributed by atoms with E-state index >= 15 is 0 Å². The van der Waals surface area contributed by atoms with Crippen molar-refractivity contribution < 1.29 is 18.0 Å². The molecule has 1 rings (SSSR count). The third-order valence-electron chi connectivity index (χ3n) is 2.05. The van der Waals surface area contributed by atoms with Crippen molar-refractivity contribution in [3.63, 3.8) is 0 Å². The summed E-state index contributed by atoms with van der Waals surface area (Å²) in [5.41, 5.74) is -0.529. The van der Waals surface area contributed by atoms with Crippen molar-refractivity contribution >= 4 is 27.5 Å². The number of hydrogen-bond acceptors (Lipinski definition) is 2. The van der Waals surface area contributed by atoms with E-state index in [0.29, 0.717) is 11.0 Å². The van der Waals surface area contributed by atoms with Crippen LogP contribution in [0.25, 0.3) is 0 Å². The fourth-order valence-electron chi connectivity index (χ4n) is 1.30. The van der Waals surface area contributed by atoms with E-state index in [-0.39, 0.29) is 18.1 Å². The molecule has 0 saturated carbocycles. The number of hydrogen-bond donors (Lipinski definition) is 2. The first-order chi connectivity index (χ1) is 8.32. The van der Waals surface area contributed by atoms with Gasteiger partial charge in [0.25, 0.3) is 0 Å². The minimum Gasteiger partial charge on any atom is -0.376 e. The number of benzene rings is 1. The van der Waals surface area contributed by atoms with Gasteiger partial charge < -0.3 is 10.6 Å². The van der Waals surface area contributed by atoms with Gasteiger partial charge in [0.05, 0.1) is 12.1 Å². The number of rotatable bonds is 4. The van der Waals surface area contributed by atoms with E-state index < -0.39 is 11.7 Å². The highest BCUT2D eigenvalue weighted by molar-refractivity contribution is 9.10. The molecule has 100 valence electrons. The molecule has 0 saturated heterocycles. The van der Waals surface area contributed by atoms with E-state index in [0.717, 1.165) is 12.1 Å². The van der Waals surface area contributed by atoms with Crippen molar-refractivity contribution in [3.05, 3.63) is 28.2 Å². The van der Waals surface area contributed by atoms with Crippen LogP contribution in [-0.4, -0.2) is 19.0 Å². The highest BCUT2D eigenvalue weighted by Gasteiger charge is 2.31. The van der Waals surface area contributed by atoms with Crippen LogP contribution in [0.2, 0.25) is 0 Å². The second-order valence-corrected chi connectivity index (χ2v) is 4.45. The first-order valence-electron chi connectivity index (χ1n) is 5.21. The van der Waals surface area contributed by atoms with Crippen molar-refractivity contribution in [3.8, 4) is 0 Å². The van der Waals surface area contributed by atoms with Crippen LogP contribution in [0.1, 0.15) is 12.5 Å². The normalized spacial score (nSPS) is 11.2. The fourth-order valence-corrected chi connectivity index (χ4v) is 1.79. The molecular weight excluding hydrogens is 313 g/mol. The van der Waals surface area contributed by atoms with E-state index in [1.54, 1.807) is 6.92 Å². The van der Waals surface area contributed by atoms with Crippen molar-refractivity contribution in [2.45, 2.75) is 13.1 Å². The van der Waals surface area contributed by atoms with E-state index in [1.807, 2.05) is 0 Å². The van der Waals surface area contributed by atoms with Crippen molar-refractivity contribution in [2.75, 3.05) is 18.4 Å². The van der Waals surface area contributed by atoms with Gasteiger partial charge in [-0.25, -0.2) is 0 Å². The van der Waals surface area contributed by atoms with Gasteiger partial charge in [-0.15, -0.1) is 0 Å². The highest BCUT2D eigenvalue weighted by Crippen LogP contribution is 2.33. The van der Waals surface area contributed by atoms with Gasteiger partial charge in [0, 0.05) is 16.7 Å². The third kappa shape index (κ3) is 4.56. The maximum atomic E-state index is 12.5. The summed E-state index contributed by atoms with van der Waals surface area (Å²) in [6.45, 7) is 2.17. The first-order valence-corrected chi connectivity index (χ1v) is 6.00. The van der Waals surface area contributed by atoms with Crippen LogP contribution in [-0.2, 0) is 11.0 Å². The molecule has 0 aliphatic carbocycles. The molecule has 2 N–H and O–H groups in total. The second-order valence-electron chi connectivity index (χ2n) is 3.53. The van der Waals surface area contributed by atoms with Crippen molar-refractivity contribution in [1.29, 1.82) is 0 Å². The zero-order chi connectivity index (χ0) is 13.8. The molecule has 1 amide bonds. The zero-order valence-electron chi connectivity index (χ0n) is 9.57. The van der Waals surface area contributed by atoms with E-state index in [2.05, 4.69) is 26.6 Å². The summed E-state index contributed by atoms with van der Waals surface area (Å²) in [6.07, 6.45) is -4.41. The summed E-state index contributed by atoms with van der Waals surface area (Å²) in [7, 11) is 0. The number of likely N-dealkylation sites (N-methyl/N-ethyl adjacent to an activating group) is 1. The predicted octanol–water partition coefficient (Wildman–Crippen LogP) is 3.02. The van der Waals surface area contributed by atoms with E-state index in [4.69, 9.17) is 0 Å². The molecule has 1 aromatic carbocycles. The Morgan fingerprint density at radius 2 is 2.00 bits per heavy atom. The number of carbonyl (C=O) groups is 1. The molecule has 0 radical (unpaired) electrons. The lowest BCUT2D eigenvalue weighted by atomic mass is 10.2. The predicted molar refractivity (Wildman–Crippen MR) is 66.3 cm³/mol. The SMILES string of the molecule is CCNC(=O)CNc1cc(Br)cc(C(F)(F)F)c1. The molecule has 0 heterocycles. The third-order valence-corrected chi connectivity index (χ3v) is 2.51. The lowest BCUT2D eigenvalue weighted by Gasteiger charge is -2.11. The average molecular weight is 325 g/mol. The fraction of sp³-hybridized carbons (Fsp3) is 0.364. The molecule has 0 unspecified atom stereocenters. The van der Waals surface area contributed by atoms with Crippen LogP contribution in [0.5, 0.6) is 0 Å². The summed E-state index contributed by atoms with van der Waals surface area (Å²) in [6, 6.07) is 3.43. The number of halogens is 4. The Morgan fingerprint density at radius 1 is 1.33 bits per heavy atom. The van der Waals surface area contributed by atoms with Crippen LogP contribution < -0.4 is 10.6 Å². The van der Waals surface area contributed by atoms with Crippen molar-refractivity contribution in [2.24, 2.45) is 0 Å². The summed E-state index contributed by atoms with van der Waals surface area (Å²) < 4.78 is 37.9. The van der Waals surface area contributed by atoms with E-state index in [1.165, 1.54) is 6.07 Å². The van der Waals surface area contributed by atoms with Gasteiger partial charge in [-0.2, -0.15) is 13.2 Å². The molecular formula is C11H12BrF3N2O. The van der Waals surface area contributed by atoms with Crippen molar-refractivity contribution in [1.82, 2.24) is 5.32 Å². The molecule has 0 spiro atoms. The van der Waals surface area contributed by atoms with Gasteiger partial charge >= 0.3 is 6.18 Å². The summed E-state index contributed by atoms with van der Waals surface area (Å²) in [5.74, 6) is -0.272. The molecule has 18 heavy (non-hydrogen) atoms. The Hall–Kier alpha value is -1.24. The largest absolute Gasteiger partial charge is 0.416 e. The first kappa shape index (κ1) is 14.8. The lowest BCUT2D eigenvalue weighted by Crippen LogP contribution is -2.29. The molecule has 3 nitrogen and oxygen atoms in total. The highest BCUT2D eigenvalue weighted by atomic mass is 79.9. The summed E-state index contributed by atoms with van der Waals surface area (Å²) >= 11 is 3.00. The Morgan fingerprint density at radius 3 is 2.56 bits per heavy atom. The molecule has 1 aromatic rings. The number of anilines is 1. The number of amides is 1. The smallest absolute Gasteiger partial charge is 0.376 e. The molecule has 0 aliphatic heterocycles. The lowest BCUT2D eigenvalue weighted by molar-refractivity contribution is -0.137. The maximum absolute atomic E-state index is 12.5.